The summed E-state index contributed by atoms with van der Waals surface area (Å²) in [6.45, 7) is 8.20. The van der Waals surface area contributed by atoms with Gasteiger partial charge >= 0.3 is 0 Å². The molecule has 2 rings (SSSR count). The minimum Gasteiger partial charge on any atom is -0.507 e. The first-order chi connectivity index (χ1) is 13.8. The van der Waals surface area contributed by atoms with Gasteiger partial charge in [0.25, 0.3) is 0 Å². The number of rotatable bonds is 7. The summed E-state index contributed by atoms with van der Waals surface area (Å²) in [6, 6.07) is 7.25. The van der Waals surface area contributed by atoms with Gasteiger partial charge in [0.2, 0.25) is 0 Å². The van der Waals surface area contributed by atoms with Gasteiger partial charge in [0, 0.05) is 17.0 Å². The Morgan fingerprint density at radius 1 is 1.24 bits per heavy atom. The summed E-state index contributed by atoms with van der Waals surface area (Å²) in [5.74, 6) is 0.427. The second-order valence-electron chi connectivity index (χ2n) is 6.97. The fourth-order valence-corrected chi connectivity index (χ4v) is 3.35. The van der Waals surface area contributed by atoms with Crippen LogP contribution in [0.2, 0.25) is 5.02 Å². The molecule has 0 bridgehead atoms. The van der Waals surface area contributed by atoms with E-state index in [9.17, 15) is 10.4 Å². The van der Waals surface area contributed by atoms with Crippen molar-refractivity contribution in [3.8, 4) is 23.2 Å². The number of nitrogens with two attached hydrogens (primary N) is 1. The summed E-state index contributed by atoms with van der Waals surface area (Å²) in [7, 11) is 4.14. The van der Waals surface area contributed by atoms with Gasteiger partial charge in [0.15, 0.2) is 5.82 Å². The molecule has 0 radical (unpaired) electrons. The van der Waals surface area contributed by atoms with Crippen molar-refractivity contribution in [2.24, 2.45) is 0 Å². The van der Waals surface area contributed by atoms with E-state index >= 15 is 0 Å². The lowest BCUT2D eigenvalue weighted by atomic mass is 9.94. The predicted molar refractivity (Wildman–Crippen MR) is 120 cm³/mol. The lowest BCUT2D eigenvalue weighted by molar-refractivity contribution is 0.262. The van der Waals surface area contributed by atoms with E-state index in [0.717, 1.165) is 19.3 Å². The Morgan fingerprint density at radius 3 is 2.45 bits per heavy atom. The van der Waals surface area contributed by atoms with Crippen LogP contribution in [0.15, 0.2) is 18.2 Å². The Morgan fingerprint density at radius 2 is 1.90 bits per heavy atom. The topological polar surface area (TPSA) is 99.1 Å². The van der Waals surface area contributed by atoms with Crippen LogP contribution in [0.25, 0.3) is 11.4 Å². The van der Waals surface area contributed by atoms with Crippen molar-refractivity contribution in [1.29, 1.82) is 5.26 Å². The molecule has 0 saturated heterocycles. The number of hydrogen-bond acceptors (Lipinski definition) is 6. The minimum absolute atomic E-state index is 0.0146. The SMILES string of the molecule is CC.CCC(CCC(C)c1nc(-c2cc(Cl)ccc2O)nc(N)c1C#N)N(C)C. The Labute approximate surface area is 179 Å². The van der Waals surface area contributed by atoms with E-state index in [4.69, 9.17) is 17.3 Å². The number of aromatic hydroxyl groups is 1. The van der Waals surface area contributed by atoms with Crippen LogP contribution < -0.4 is 5.73 Å². The van der Waals surface area contributed by atoms with E-state index in [1.165, 1.54) is 6.07 Å². The van der Waals surface area contributed by atoms with Crippen molar-refractivity contribution in [2.75, 3.05) is 19.8 Å². The molecule has 29 heavy (non-hydrogen) atoms. The van der Waals surface area contributed by atoms with Crippen LogP contribution in [0, 0.1) is 11.3 Å². The van der Waals surface area contributed by atoms with E-state index in [0.29, 0.717) is 27.9 Å². The van der Waals surface area contributed by atoms with Gasteiger partial charge in [-0.25, -0.2) is 9.97 Å². The molecule has 2 atom stereocenters. The molecule has 0 aliphatic rings. The number of nitrogens with zero attached hydrogens (tertiary/aromatic N) is 4. The number of phenolic OH excluding ortho intramolecular Hbond substituents is 1. The fraction of sp³-hybridized carbons (Fsp3) is 0.500. The summed E-state index contributed by atoms with van der Waals surface area (Å²) in [4.78, 5) is 11.0. The highest BCUT2D eigenvalue weighted by atomic mass is 35.5. The zero-order valence-corrected chi connectivity index (χ0v) is 19.0. The number of nitriles is 1. The second-order valence-corrected chi connectivity index (χ2v) is 7.41. The molecule has 0 aliphatic heterocycles. The maximum Gasteiger partial charge on any atom is 0.165 e. The molecule has 1 aromatic carbocycles. The molecule has 7 heteroatoms. The molecule has 1 aromatic heterocycles. The molecule has 2 unspecified atom stereocenters. The Bertz CT molecular complexity index is 848. The standard InChI is InChI=1S/C20H26ClN5O.C2H6/c1-5-14(26(3)4)8-6-12(2)18-16(11-22)19(23)25-20(24-18)15-10-13(21)7-9-17(15)27;1-2/h7,9-10,12,14,27H,5-6,8H2,1-4H3,(H2,23,24,25);1-2H3. The van der Waals surface area contributed by atoms with Crippen LogP contribution in [0.4, 0.5) is 5.82 Å². The predicted octanol–water partition coefficient (Wildman–Crippen LogP) is 5.21. The molecule has 158 valence electrons. The average Bonchev–Trinajstić information content (AvgIpc) is 2.70. The quantitative estimate of drug-likeness (QED) is 0.641. The molecule has 0 spiro atoms. The highest BCUT2D eigenvalue weighted by Gasteiger charge is 2.21. The van der Waals surface area contributed by atoms with E-state index in [1.807, 2.05) is 20.8 Å². The number of nitrogen functional groups attached to an aromatic ring is 1. The number of halogens is 1. The van der Waals surface area contributed by atoms with Crippen molar-refractivity contribution in [1.82, 2.24) is 14.9 Å². The van der Waals surface area contributed by atoms with Crippen molar-refractivity contribution in [3.63, 3.8) is 0 Å². The van der Waals surface area contributed by atoms with Gasteiger partial charge in [-0.05, 0) is 51.6 Å². The molecule has 0 aliphatic carbocycles. The normalized spacial score (nSPS) is 12.7. The van der Waals surface area contributed by atoms with Gasteiger partial charge in [0.1, 0.15) is 23.2 Å². The zero-order valence-electron chi connectivity index (χ0n) is 18.2. The van der Waals surface area contributed by atoms with Crippen molar-refractivity contribution in [2.45, 2.75) is 58.9 Å². The molecule has 0 fully saturated rings. The van der Waals surface area contributed by atoms with Gasteiger partial charge < -0.3 is 15.7 Å². The van der Waals surface area contributed by atoms with Crippen molar-refractivity contribution < 1.29 is 5.11 Å². The lowest BCUT2D eigenvalue weighted by Gasteiger charge is -2.24. The number of anilines is 1. The van der Waals surface area contributed by atoms with Crippen LogP contribution in [0.5, 0.6) is 5.75 Å². The monoisotopic (exact) mass is 417 g/mol. The second kappa shape index (κ2) is 11.6. The number of benzene rings is 1. The number of hydrogen-bond donors (Lipinski definition) is 2. The van der Waals surface area contributed by atoms with Gasteiger partial charge in [-0.15, -0.1) is 0 Å². The van der Waals surface area contributed by atoms with E-state index in [1.54, 1.807) is 12.1 Å². The van der Waals surface area contributed by atoms with Crippen molar-refractivity contribution in [3.05, 3.63) is 34.5 Å². The first-order valence-electron chi connectivity index (χ1n) is 10.0. The Balaban J connectivity index is 0.00000204. The molecular formula is C22H32ClN5O. The summed E-state index contributed by atoms with van der Waals surface area (Å²) >= 11 is 6.04. The van der Waals surface area contributed by atoms with Gasteiger partial charge in [0.05, 0.1) is 11.3 Å². The first-order valence-corrected chi connectivity index (χ1v) is 10.4. The third-order valence-corrected chi connectivity index (χ3v) is 5.11. The van der Waals surface area contributed by atoms with Gasteiger partial charge in [-0.2, -0.15) is 5.26 Å². The maximum absolute atomic E-state index is 10.2. The summed E-state index contributed by atoms with van der Waals surface area (Å²) in [6.07, 6.45) is 2.90. The van der Waals surface area contributed by atoms with Crippen LogP contribution in [-0.4, -0.2) is 40.1 Å². The van der Waals surface area contributed by atoms with Crippen LogP contribution in [-0.2, 0) is 0 Å². The lowest BCUT2D eigenvalue weighted by Crippen LogP contribution is -2.27. The summed E-state index contributed by atoms with van der Waals surface area (Å²) in [5, 5.41) is 20.1. The van der Waals surface area contributed by atoms with E-state index < -0.39 is 0 Å². The minimum atomic E-state index is 0.0146. The highest BCUT2D eigenvalue weighted by molar-refractivity contribution is 6.30. The number of aromatic nitrogens is 2. The van der Waals surface area contributed by atoms with Gasteiger partial charge in [-0.1, -0.05) is 39.3 Å². The van der Waals surface area contributed by atoms with Gasteiger partial charge in [-0.3, -0.25) is 0 Å². The molecular weight excluding hydrogens is 386 g/mol. The molecule has 2 aromatic rings. The Hall–Kier alpha value is -2.36. The molecule has 0 saturated carbocycles. The summed E-state index contributed by atoms with van der Waals surface area (Å²) in [5.41, 5.74) is 7.33. The smallest absolute Gasteiger partial charge is 0.165 e. The van der Waals surface area contributed by atoms with E-state index in [2.05, 4.69) is 42.0 Å². The van der Waals surface area contributed by atoms with E-state index in [-0.39, 0.29) is 23.3 Å². The molecule has 3 N–H and O–H groups in total. The Kier molecular flexibility index (Phi) is 9.87. The molecule has 1 heterocycles. The first kappa shape index (κ1) is 24.7. The third-order valence-electron chi connectivity index (χ3n) is 4.88. The molecule has 0 amide bonds. The largest absolute Gasteiger partial charge is 0.507 e. The highest BCUT2D eigenvalue weighted by Crippen LogP contribution is 2.33. The van der Waals surface area contributed by atoms with Crippen LogP contribution in [0.1, 0.15) is 64.1 Å². The molecule has 6 nitrogen and oxygen atoms in total. The fourth-order valence-electron chi connectivity index (χ4n) is 3.18. The average molecular weight is 418 g/mol. The van der Waals surface area contributed by atoms with Crippen molar-refractivity contribution >= 4 is 17.4 Å². The third kappa shape index (κ3) is 6.31. The van der Waals surface area contributed by atoms with Crippen LogP contribution in [0.3, 0.4) is 0 Å². The number of phenols is 1. The zero-order chi connectivity index (χ0) is 22.1. The summed E-state index contributed by atoms with van der Waals surface area (Å²) < 4.78 is 0. The maximum atomic E-state index is 10.2. The van der Waals surface area contributed by atoms with Crippen LogP contribution >= 0.6 is 11.6 Å².